The van der Waals surface area contributed by atoms with E-state index in [1.54, 1.807) is 0 Å². The van der Waals surface area contributed by atoms with E-state index >= 15 is 0 Å². The molecule has 4 nitrogen and oxygen atoms in total. The Morgan fingerprint density at radius 2 is 2.38 bits per heavy atom. The van der Waals surface area contributed by atoms with Gasteiger partial charge in [-0.15, -0.1) is 0 Å². The van der Waals surface area contributed by atoms with Crippen LogP contribution >= 0.6 is 0 Å². The van der Waals surface area contributed by atoms with Crippen molar-refractivity contribution in [2.45, 2.75) is 6.42 Å². The molecule has 0 aromatic heterocycles. The molecule has 16 heavy (non-hydrogen) atoms. The number of ether oxygens (including phenoxy) is 1. The average Bonchev–Trinajstić information content (AvgIpc) is 2.72. The summed E-state index contributed by atoms with van der Waals surface area (Å²) in [5, 5.41) is 0. The lowest BCUT2D eigenvalue weighted by Crippen LogP contribution is -2.27. The molecule has 0 fully saturated rings. The zero-order chi connectivity index (χ0) is 11.5. The Labute approximate surface area is 95.0 Å². The number of benzene rings is 1. The summed E-state index contributed by atoms with van der Waals surface area (Å²) >= 11 is 0. The number of carbonyl (C=O) groups is 1. The molecule has 2 N–H and O–H groups in total. The van der Waals surface area contributed by atoms with Crippen molar-refractivity contribution in [2.24, 2.45) is 5.73 Å². The number of hydrogen-bond donors (Lipinski definition) is 1. The van der Waals surface area contributed by atoms with Crippen molar-refractivity contribution in [3.8, 4) is 0 Å². The molecule has 0 amide bonds. The fraction of sp³-hybridized carbons (Fsp3) is 0.417. The fourth-order valence-electron chi connectivity index (χ4n) is 2.19. The largest absolute Gasteiger partial charge is 0.465 e. The number of hydrogen-bond acceptors (Lipinski definition) is 4. The molecule has 0 saturated carbocycles. The van der Waals surface area contributed by atoms with Crippen LogP contribution in [0.25, 0.3) is 0 Å². The Morgan fingerprint density at radius 3 is 3.06 bits per heavy atom. The minimum absolute atomic E-state index is 0.258. The first kappa shape index (κ1) is 11.0. The smallest absolute Gasteiger partial charge is 0.338 e. The van der Waals surface area contributed by atoms with Gasteiger partial charge in [-0.25, -0.2) is 4.79 Å². The highest BCUT2D eigenvalue weighted by atomic mass is 16.5. The van der Waals surface area contributed by atoms with E-state index in [9.17, 15) is 4.79 Å². The Balaban J connectivity index is 2.36. The molecular weight excluding hydrogens is 204 g/mol. The predicted molar refractivity (Wildman–Crippen MR) is 62.8 cm³/mol. The zero-order valence-electron chi connectivity index (χ0n) is 9.40. The van der Waals surface area contributed by atoms with Crippen LogP contribution in [0.1, 0.15) is 15.9 Å². The van der Waals surface area contributed by atoms with Gasteiger partial charge in [0.1, 0.15) is 0 Å². The van der Waals surface area contributed by atoms with Crippen LogP contribution < -0.4 is 10.6 Å². The quantitative estimate of drug-likeness (QED) is 0.765. The molecule has 1 aromatic carbocycles. The second-order valence-corrected chi connectivity index (χ2v) is 3.82. The third-order valence-corrected chi connectivity index (χ3v) is 2.93. The van der Waals surface area contributed by atoms with Crippen molar-refractivity contribution in [3.05, 3.63) is 29.3 Å². The number of methoxy groups -OCH3 is 1. The highest BCUT2D eigenvalue weighted by molar-refractivity contribution is 5.93. The van der Waals surface area contributed by atoms with Gasteiger partial charge in [0.2, 0.25) is 0 Å². The van der Waals surface area contributed by atoms with Crippen LogP contribution in [0.2, 0.25) is 0 Å². The Morgan fingerprint density at radius 1 is 1.56 bits per heavy atom. The molecule has 0 radical (unpaired) electrons. The van der Waals surface area contributed by atoms with Gasteiger partial charge < -0.3 is 15.4 Å². The summed E-state index contributed by atoms with van der Waals surface area (Å²) in [6.07, 6.45) is 0.889. The van der Waals surface area contributed by atoms with Gasteiger partial charge in [-0.2, -0.15) is 0 Å². The lowest BCUT2D eigenvalue weighted by molar-refractivity contribution is 0.0600. The van der Waals surface area contributed by atoms with Gasteiger partial charge >= 0.3 is 5.97 Å². The van der Waals surface area contributed by atoms with Gasteiger partial charge in [0.05, 0.1) is 12.7 Å². The first-order chi connectivity index (χ1) is 7.77. The molecule has 1 aliphatic rings. The summed E-state index contributed by atoms with van der Waals surface area (Å²) in [5.74, 6) is -0.258. The van der Waals surface area contributed by atoms with E-state index in [1.165, 1.54) is 7.11 Å². The highest BCUT2D eigenvalue weighted by Gasteiger charge is 2.23. The van der Waals surface area contributed by atoms with E-state index in [2.05, 4.69) is 4.90 Å². The molecule has 1 heterocycles. The highest BCUT2D eigenvalue weighted by Crippen LogP contribution is 2.30. The zero-order valence-corrected chi connectivity index (χ0v) is 9.40. The van der Waals surface area contributed by atoms with Crippen molar-refractivity contribution in [1.82, 2.24) is 0 Å². The summed E-state index contributed by atoms with van der Waals surface area (Å²) in [6.45, 7) is 2.39. The van der Waals surface area contributed by atoms with E-state index in [4.69, 9.17) is 10.5 Å². The fourth-order valence-corrected chi connectivity index (χ4v) is 2.19. The summed E-state index contributed by atoms with van der Waals surface area (Å²) in [6, 6.07) is 5.74. The lowest BCUT2D eigenvalue weighted by atomic mass is 10.1. The molecule has 0 aliphatic carbocycles. The van der Waals surface area contributed by atoms with Crippen molar-refractivity contribution in [2.75, 3.05) is 31.6 Å². The molecule has 2 rings (SSSR count). The summed E-state index contributed by atoms with van der Waals surface area (Å²) in [4.78, 5) is 13.8. The third-order valence-electron chi connectivity index (χ3n) is 2.93. The van der Waals surface area contributed by atoms with Crippen molar-refractivity contribution in [3.63, 3.8) is 0 Å². The van der Waals surface area contributed by atoms with Crippen molar-refractivity contribution in [1.29, 1.82) is 0 Å². The predicted octanol–water partition coefficient (Wildman–Crippen LogP) is 0.794. The van der Waals surface area contributed by atoms with Crippen LogP contribution in [0, 0.1) is 0 Å². The maximum atomic E-state index is 11.6. The first-order valence-corrected chi connectivity index (χ1v) is 5.43. The van der Waals surface area contributed by atoms with E-state index in [-0.39, 0.29) is 5.97 Å². The molecular formula is C12H16N2O2. The van der Waals surface area contributed by atoms with Crippen LogP contribution in [0.4, 0.5) is 5.69 Å². The Hall–Kier alpha value is -1.55. The standard InChI is InChI=1S/C12H16N2O2/c1-16-12(15)10-3-2-4-11-9(10)5-7-14(11)8-6-13/h2-4H,5-8,13H2,1H3. The lowest BCUT2D eigenvalue weighted by Gasteiger charge is -2.18. The molecule has 0 bridgehead atoms. The molecule has 0 spiro atoms. The molecule has 86 valence electrons. The molecule has 1 aromatic rings. The summed E-state index contributed by atoms with van der Waals surface area (Å²) < 4.78 is 4.77. The number of anilines is 1. The van der Waals surface area contributed by atoms with Gasteiger partial charge in [-0.3, -0.25) is 0 Å². The van der Waals surface area contributed by atoms with E-state index < -0.39 is 0 Å². The van der Waals surface area contributed by atoms with Crippen LogP contribution in [0.15, 0.2) is 18.2 Å². The van der Waals surface area contributed by atoms with Gasteiger partial charge in [-0.1, -0.05) is 6.07 Å². The minimum Gasteiger partial charge on any atom is -0.465 e. The number of esters is 1. The number of fused-ring (bicyclic) bond motifs is 1. The third kappa shape index (κ3) is 1.76. The summed E-state index contributed by atoms with van der Waals surface area (Å²) in [5.41, 5.74) is 8.44. The van der Waals surface area contributed by atoms with Crippen LogP contribution in [-0.2, 0) is 11.2 Å². The van der Waals surface area contributed by atoms with Crippen LogP contribution in [0.3, 0.4) is 0 Å². The summed E-state index contributed by atoms with van der Waals surface area (Å²) in [7, 11) is 1.41. The SMILES string of the molecule is COC(=O)c1cccc2c1CCN2CCN. The Kier molecular flexibility index (Phi) is 3.10. The molecule has 0 atom stereocenters. The second kappa shape index (κ2) is 4.53. The topological polar surface area (TPSA) is 55.6 Å². The maximum Gasteiger partial charge on any atom is 0.338 e. The molecule has 0 unspecified atom stereocenters. The van der Waals surface area contributed by atoms with Gasteiger partial charge in [-0.05, 0) is 24.1 Å². The van der Waals surface area contributed by atoms with E-state index in [0.29, 0.717) is 12.1 Å². The van der Waals surface area contributed by atoms with E-state index in [1.807, 2.05) is 18.2 Å². The van der Waals surface area contributed by atoms with Gasteiger partial charge in [0.15, 0.2) is 0 Å². The monoisotopic (exact) mass is 220 g/mol. The second-order valence-electron chi connectivity index (χ2n) is 3.82. The van der Waals surface area contributed by atoms with Gasteiger partial charge in [0, 0.05) is 25.3 Å². The minimum atomic E-state index is -0.258. The number of nitrogens with two attached hydrogens (primary N) is 1. The number of nitrogens with zero attached hydrogens (tertiary/aromatic N) is 1. The average molecular weight is 220 g/mol. The maximum absolute atomic E-state index is 11.6. The number of rotatable bonds is 3. The normalized spacial score (nSPS) is 13.8. The van der Waals surface area contributed by atoms with Crippen LogP contribution in [-0.4, -0.2) is 32.7 Å². The van der Waals surface area contributed by atoms with Crippen molar-refractivity contribution < 1.29 is 9.53 Å². The van der Waals surface area contributed by atoms with E-state index in [0.717, 1.165) is 30.8 Å². The van der Waals surface area contributed by atoms with Crippen LogP contribution in [0.5, 0.6) is 0 Å². The van der Waals surface area contributed by atoms with Crippen molar-refractivity contribution >= 4 is 11.7 Å². The molecule has 4 heteroatoms. The van der Waals surface area contributed by atoms with Gasteiger partial charge in [0.25, 0.3) is 0 Å². The molecule has 1 aliphatic heterocycles. The molecule has 0 saturated heterocycles. The first-order valence-electron chi connectivity index (χ1n) is 5.43. The Bertz CT molecular complexity index is 404. The number of carbonyl (C=O) groups excluding carboxylic acids is 1.